The van der Waals surface area contributed by atoms with E-state index in [4.69, 9.17) is 9.72 Å². The van der Waals surface area contributed by atoms with E-state index in [0.29, 0.717) is 17.4 Å². The summed E-state index contributed by atoms with van der Waals surface area (Å²) in [4.78, 5) is 4.89. The van der Waals surface area contributed by atoms with Crippen molar-refractivity contribution in [2.45, 2.75) is 20.3 Å². The molecular formula is C54H40N4OPt-2. The van der Waals surface area contributed by atoms with E-state index in [1.54, 1.807) is 0 Å². The fraction of sp³-hybridized carbons (Fsp3) is 0.0741. The summed E-state index contributed by atoms with van der Waals surface area (Å²) in [5, 5.41) is 2.21. The van der Waals surface area contributed by atoms with Crippen molar-refractivity contribution in [1.82, 2.24) is 14.1 Å². The molecule has 294 valence electrons. The van der Waals surface area contributed by atoms with Gasteiger partial charge in [0.15, 0.2) is 0 Å². The van der Waals surface area contributed by atoms with Crippen LogP contribution in [0.1, 0.15) is 19.4 Å². The Hall–Kier alpha value is -6.81. The maximum absolute atomic E-state index is 6.57. The molecule has 3 heterocycles. The van der Waals surface area contributed by atoms with E-state index >= 15 is 0 Å². The Morgan fingerprint density at radius 2 is 1.28 bits per heavy atom. The van der Waals surface area contributed by atoms with Crippen molar-refractivity contribution in [3.05, 3.63) is 212 Å². The first-order valence-corrected chi connectivity index (χ1v) is 20.0. The van der Waals surface area contributed by atoms with Crippen LogP contribution < -0.4 is 9.30 Å². The maximum atomic E-state index is 6.57. The van der Waals surface area contributed by atoms with E-state index < -0.39 is 0 Å². The van der Waals surface area contributed by atoms with Crippen LogP contribution in [0.2, 0.25) is 0 Å². The van der Waals surface area contributed by atoms with E-state index in [2.05, 4.69) is 169 Å². The SMILES string of the molecule is CC(C)Cc1ccnc(-n2c3[c-]c(Oc4[c-]c(-n5[c-][n+](-c6c(-c7ccccc7)cccc6-c6ccccc6)cc5)ccc4)ccc3c3cc(-c4ccccc4)ccc32)c1.[Pt]. The van der Waals surface area contributed by atoms with Crippen LogP contribution >= 0.6 is 0 Å². The van der Waals surface area contributed by atoms with Crippen LogP contribution in [-0.2, 0) is 27.5 Å². The third-order valence-electron chi connectivity index (χ3n) is 10.7. The van der Waals surface area contributed by atoms with Gasteiger partial charge in [-0.2, -0.15) is 18.2 Å². The molecule has 10 rings (SSSR count). The molecule has 0 saturated carbocycles. The van der Waals surface area contributed by atoms with Gasteiger partial charge in [-0.25, -0.2) is 4.98 Å². The summed E-state index contributed by atoms with van der Waals surface area (Å²) in [5.74, 6) is 2.56. The third kappa shape index (κ3) is 7.61. The van der Waals surface area contributed by atoms with Crippen molar-refractivity contribution in [2.75, 3.05) is 0 Å². The van der Waals surface area contributed by atoms with Crippen molar-refractivity contribution >= 4 is 21.8 Å². The Morgan fingerprint density at radius 1 is 0.617 bits per heavy atom. The molecule has 0 unspecified atom stereocenters. The minimum absolute atomic E-state index is 0. The number of imidazole rings is 1. The zero-order valence-electron chi connectivity index (χ0n) is 33.2. The third-order valence-corrected chi connectivity index (χ3v) is 10.7. The summed E-state index contributed by atoms with van der Waals surface area (Å²) in [5.41, 5.74) is 11.9. The monoisotopic (exact) mass is 955 g/mol. The normalized spacial score (nSPS) is 11.2. The molecule has 60 heavy (non-hydrogen) atoms. The van der Waals surface area contributed by atoms with E-state index in [0.717, 1.165) is 73.2 Å². The zero-order chi connectivity index (χ0) is 39.7. The van der Waals surface area contributed by atoms with Gasteiger partial charge in [0.05, 0.1) is 5.69 Å². The number of rotatable bonds is 10. The molecule has 5 nitrogen and oxygen atoms in total. The van der Waals surface area contributed by atoms with Gasteiger partial charge >= 0.3 is 0 Å². The first-order valence-electron chi connectivity index (χ1n) is 20.0. The van der Waals surface area contributed by atoms with Crippen LogP contribution in [0.3, 0.4) is 0 Å². The molecule has 0 amide bonds. The maximum Gasteiger partial charge on any atom is 0.267 e. The van der Waals surface area contributed by atoms with Crippen molar-refractivity contribution in [3.8, 4) is 62.1 Å². The number of hydrogen-bond acceptors (Lipinski definition) is 2. The summed E-state index contributed by atoms with van der Waals surface area (Å²) in [6.45, 7) is 4.49. The number of ether oxygens (including phenoxy) is 1. The molecule has 0 N–H and O–H groups in total. The molecule has 0 aliphatic heterocycles. The fourth-order valence-electron chi connectivity index (χ4n) is 8.05. The summed E-state index contributed by atoms with van der Waals surface area (Å²) in [7, 11) is 0. The second-order valence-electron chi connectivity index (χ2n) is 15.2. The van der Waals surface area contributed by atoms with E-state index in [1.807, 2.05) is 65.6 Å². The van der Waals surface area contributed by atoms with Crippen LogP contribution in [0.5, 0.6) is 11.5 Å². The molecule has 3 aromatic heterocycles. The van der Waals surface area contributed by atoms with E-state index in [-0.39, 0.29) is 21.1 Å². The average molecular weight is 956 g/mol. The van der Waals surface area contributed by atoms with Gasteiger partial charge in [-0.1, -0.05) is 141 Å². The molecule has 10 aromatic rings. The summed E-state index contributed by atoms with van der Waals surface area (Å²) < 4.78 is 12.8. The van der Waals surface area contributed by atoms with Gasteiger partial charge in [0.25, 0.3) is 6.33 Å². The van der Waals surface area contributed by atoms with Gasteiger partial charge in [0.1, 0.15) is 5.82 Å². The van der Waals surface area contributed by atoms with Gasteiger partial charge in [0.2, 0.25) is 0 Å². The number of hydrogen-bond donors (Lipinski definition) is 0. The standard InChI is InChI=1S/C54H40N4O.Pt/c1-38(2)32-39-28-29-55-53(33-39)58-51-27-24-43(40-14-6-3-7-15-40)34-50(51)49-26-25-46(36-52(49)58)59-45-21-12-20-44(35-45)56-30-31-57(37-56)54-47(41-16-8-4-9-17-41)22-13-23-48(54)42-18-10-5-11-19-42;/h3-31,33-34,38H,32H2,1-2H3;/q-2;. The second kappa shape index (κ2) is 16.8. The number of fused-ring (bicyclic) bond motifs is 3. The van der Waals surface area contributed by atoms with Crippen molar-refractivity contribution in [3.63, 3.8) is 0 Å². The minimum atomic E-state index is 0. The number of aromatic nitrogens is 4. The summed E-state index contributed by atoms with van der Waals surface area (Å²) >= 11 is 0. The Morgan fingerprint density at radius 3 is 1.98 bits per heavy atom. The first-order chi connectivity index (χ1) is 29.1. The van der Waals surface area contributed by atoms with Crippen molar-refractivity contribution < 1.29 is 30.4 Å². The van der Waals surface area contributed by atoms with Gasteiger partial charge in [-0.3, -0.25) is 4.57 Å². The zero-order valence-corrected chi connectivity index (χ0v) is 35.5. The minimum Gasteiger partial charge on any atom is -0.510 e. The molecule has 6 heteroatoms. The summed E-state index contributed by atoms with van der Waals surface area (Å²) in [6.07, 6.45) is 10.5. The Labute approximate surface area is 365 Å². The molecule has 7 aromatic carbocycles. The number of benzene rings is 7. The second-order valence-corrected chi connectivity index (χ2v) is 15.2. The van der Waals surface area contributed by atoms with Crippen molar-refractivity contribution in [2.24, 2.45) is 5.92 Å². The van der Waals surface area contributed by atoms with Crippen molar-refractivity contribution in [1.29, 1.82) is 0 Å². The number of para-hydroxylation sites is 1. The molecule has 0 saturated heterocycles. The quantitative estimate of drug-likeness (QED) is 0.101. The molecule has 0 spiro atoms. The largest absolute Gasteiger partial charge is 0.510 e. The Bertz CT molecular complexity index is 3020. The number of pyridine rings is 1. The van der Waals surface area contributed by atoms with Gasteiger partial charge < -0.3 is 13.9 Å². The predicted molar refractivity (Wildman–Crippen MR) is 237 cm³/mol. The van der Waals surface area contributed by atoms with Gasteiger partial charge in [-0.15, -0.1) is 29.7 Å². The molecular weight excluding hydrogens is 916 g/mol. The predicted octanol–water partition coefficient (Wildman–Crippen LogP) is 12.6. The Kier molecular flexibility index (Phi) is 10.8. The smallest absolute Gasteiger partial charge is 0.267 e. The van der Waals surface area contributed by atoms with Crippen LogP contribution in [0.4, 0.5) is 0 Å². The topological polar surface area (TPSA) is 35.9 Å². The van der Waals surface area contributed by atoms with Gasteiger partial charge in [0, 0.05) is 56.7 Å². The van der Waals surface area contributed by atoms with E-state index in [1.165, 1.54) is 11.1 Å². The van der Waals surface area contributed by atoms with Crippen LogP contribution in [0.15, 0.2) is 188 Å². The molecule has 0 fully saturated rings. The fourth-order valence-corrected chi connectivity index (χ4v) is 8.05. The Balaban J connectivity index is 0.00000462. The first kappa shape index (κ1) is 38.7. The van der Waals surface area contributed by atoms with Crippen LogP contribution in [-0.4, -0.2) is 14.1 Å². The molecule has 0 aliphatic carbocycles. The van der Waals surface area contributed by atoms with Crippen LogP contribution in [0.25, 0.3) is 72.4 Å². The molecule has 0 atom stereocenters. The summed E-state index contributed by atoms with van der Waals surface area (Å²) in [6, 6.07) is 66.1. The van der Waals surface area contributed by atoms with Crippen LogP contribution in [0, 0.1) is 24.4 Å². The molecule has 0 bridgehead atoms. The number of nitrogens with zero attached hydrogens (tertiary/aromatic N) is 4. The van der Waals surface area contributed by atoms with Gasteiger partial charge in [-0.05, 0) is 80.6 Å². The van der Waals surface area contributed by atoms with E-state index in [9.17, 15) is 0 Å². The molecule has 0 radical (unpaired) electrons. The average Bonchev–Trinajstić information content (AvgIpc) is 3.90. The molecule has 0 aliphatic rings.